The standard InChI is InChI=1S/C24H25N3O2/c1-15-7-6-8-16(2)23(15)26-22(28)14-27(3)24(29)19-13-21(17-11-12-17)25-20-10-5-4-9-18(19)20/h4-10,13,17H,11-12,14H2,1-3H3,(H,26,28). The number of para-hydroxylation sites is 2. The molecule has 1 aliphatic carbocycles. The minimum absolute atomic E-state index is 0.0119. The maximum absolute atomic E-state index is 13.2. The van der Waals surface area contributed by atoms with Crippen molar-refractivity contribution in [2.45, 2.75) is 32.6 Å². The van der Waals surface area contributed by atoms with Crippen molar-refractivity contribution in [3.63, 3.8) is 0 Å². The van der Waals surface area contributed by atoms with E-state index in [0.29, 0.717) is 11.5 Å². The highest BCUT2D eigenvalue weighted by molar-refractivity contribution is 6.07. The van der Waals surface area contributed by atoms with Crippen LogP contribution in [0.25, 0.3) is 10.9 Å². The fraction of sp³-hybridized carbons (Fsp3) is 0.292. The van der Waals surface area contributed by atoms with Crippen LogP contribution in [0.1, 0.15) is 45.9 Å². The van der Waals surface area contributed by atoms with Gasteiger partial charge in [0.15, 0.2) is 0 Å². The second kappa shape index (κ2) is 7.66. The number of carbonyl (C=O) groups excluding carboxylic acids is 2. The predicted molar refractivity (Wildman–Crippen MR) is 115 cm³/mol. The van der Waals surface area contributed by atoms with Gasteiger partial charge in [-0.05, 0) is 49.9 Å². The van der Waals surface area contributed by atoms with Gasteiger partial charge >= 0.3 is 0 Å². The second-order valence-electron chi connectivity index (χ2n) is 7.86. The Bertz CT molecular complexity index is 1080. The van der Waals surface area contributed by atoms with Crippen molar-refractivity contribution < 1.29 is 9.59 Å². The smallest absolute Gasteiger partial charge is 0.254 e. The van der Waals surface area contributed by atoms with Gasteiger partial charge in [0, 0.05) is 29.7 Å². The normalized spacial score (nSPS) is 13.3. The van der Waals surface area contributed by atoms with Crippen LogP contribution in [0, 0.1) is 13.8 Å². The minimum atomic E-state index is -0.209. The van der Waals surface area contributed by atoms with Crippen LogP contribution in [0.15, 0.2) is 48.5 Å². The zero-order chi connectivity index (χ0) is 20.5. The maximum Gasteiger partial charge on any atom is 0.254 e. The molecular weight excluding hydrogens is 362 g/mol. The molecule has 1 saturated carbocycles. The average Bonchev–Trinajstić information content (AvgIpc) is 3.55. The summed E-state index contributed by atoms with van der Waals surface area (Å²) in [6.45, 7) is 3.90. The molecule has 29 heavy (non-hydrogen) atoms. The molecule has 1 aliphatic rings. The number of likely N-dealkylation sites (N-methyl/N-ethyl adjacent to an activating group) is 1. The van der Waals surface area contributed by atoms with Crippen LogP contribution in [0.3, 0.4) is 0 Å². The number of fused-ring (bicyclic) bond motifs is 1. The van der Waals surface area contributed by atoms with E-state index in [1.165, 1.54) is 4.90 Å². The van der Waals surface area contributed by atoms with E-state index in [2.05, 4.69) is 5.32 Å². The number of pyridine rings is 1. The molecule has 148 valence electrons. The van der Waals surface area contributed by atoms with Crippen molar-refractivity contribution in [3.8, 4) is 0 Å². The second-order valence-corrected chi connectivity index (χ2v) is 7.86. The van der Waals surface area contributed by atoms with Gasteiger partial charge in [0.25, 0.3) is 5.91 Å². The Morgan fingerprint density at radius 1 is 1.07 bits per heavy atom. The fourth-order valence-corrected chi connectivity index (χ4v) is 3.64. The van der Waals surface area contributed by atoms with Crippen molar-refractivity contribution in [2.75, 3.05) is 18.9 Å². The molecule has 0 atom stereocenters. The van der Waals surface area contributed by atoms with Gasteiger partial charge in [-0.2, -0.15) is 0 Å². The van der Waals surface area contributed by atoms with E-state index in [-0.39, 0.29) is 18.4 Å². The zero-order valence-corrected chi connectivity index (χ0v) is 17.0. The van der Waals surface area contributed by atoms with Crippen LogP contribution in [-0.4, -0.2) is 35.3 Å². The first-order valence-corrected chi connectivity index (χ1v) is 9.95. The lowest BCUT2D eigenvalue weighted by molar-refractivity contribution is -0.116. The van der Waals surface area contributed by atoms with E-state index in [0.717, 1.165) is 46.3 Å². The summed E-state index contributed by atoms with van der Waals surface area (Å²) in [5.74, 6) is 0.0741. The van der Waals surface area contributed by atoms with Crippen molar-refractivity contribution in [1.82, 2.24) is 9.88 Å². The molecule has 4 rings (SSSR count). The van der Waals surface area contributed by atoms with E-state index in [9.17, 15) is 9.59 Å². The van der Waals surface area contributed by atoms with E-state index in [4.69, 9.17) is 4.98 Å². The van der Waals surface area contributed by atoms with Crippen molar-refractivity contribution >= 4 is 28.4 Å². The molecule has 0 bridgehead atoms. The first-order chi connectivity index (χ1) is 13.9. The molecule has 5 heteroatoms. The van der Waals surface area contributed by atoms with Crippen molar-refractivity contribution in [2.24, 2.45) is 0 Å². The molecule has 3 aromatic rings. The molecule has 5 nitrogen and oxygen atoms in total. The fourth-order valence-electron chi connectivity index (χ4n) is 3.64. The quantitative estimate of drug-likeness (QED) is 0.704. The van der Waals surface area contributed by atoms with Crippen LogP contribution in [0.4, 0.5) is 5.69 Å². The van der Waals surface area contributed by atoms with E-state index in [1.807, 2.05) is 62.4 Å². The topological polar surface area (TPSA) is 62.3 Å². The van der Waals surface area contributed by atoms with Gasteiger partial charge in [0.05, 0.1) is 17.6 Å². The lowest BCUT2D eigenvalue weighted by Gasteiger charge is -2.19. The Hall–Kier alpha value is -3.21. The van der Waals surface area contributed by atoms with Gasteiger partial charge in [-0.25, -0.2) is 0 Å². The number of hydrogen-bond acceptors (Lipinski definition) is 3. The summed E-state index contributed by atoms with van der Waals surface area (Å²) < 4.78 is 0. The lowest BCUT2D eigenvalue weighted by Crippen LogP contribution is -2.35. The molecule has 0 aliphatic heterocycles. The average molecular weight is 387 g/mol. The third kappa shape index (κ3) is 3.99. The molecular formula is C24H25N3O2. The van der Waals surface area contributed by atoms with Gasteiger partial charge in [-0.15, -0.1) is 0 Å². The van der Waals surface area contributed by atoms with E-state index in [1.54, 1.807) is 7.05 Å². The number of amides is 2. The number of nitrogens with zero attached hydrogens (tertiary/aromatic N) is 2. The Labute approximate surface area is 170 Å². The SMILES string of the molecule is Cc1cccc(C)c1NC(=O)CN(C)C(=O)c1cc(C2CC2)nc2ccccc12. The molecule has 0 saturated heterocycles. The van der Waals surface area contributed by atoms with Crippen LogP contribution in [-0.2, 0) is 4.79 Å². The number of carbonyl (C=O) groups is 2. The third-order valence-electron chi connectivity index (χ3n) is 5.44. The lowest BCUT2D eigenvalue weighted by atomic mass is 10.0. The van der Waals surface area contributed by atoms with Gasteiger partial charge in [-0.3, -0.25) is 14.6 Å². The molecule has 1 fully saturated rings. The van der Waals surface area contributed by atoms with Gasteiger partial charge in [-0.1, -0.05) is 36.4 Å². The Balaban J connectivity index is 1.56. The molecule has 1 N–H and O–H groups in total. The number of aromatic nitrogens is 1. The van der Waals surface area contributed by atoms with E-state index >= 15 is 0 Å². The van der Waals surface area contributed by atoms with Crippen LogP contribution < -0.4 is 5.32 Å². The monoisotopic (exact) mass is 387 g/mol. The number of aryl methyl sites for hydroxylation is 2. The Morgan fingerprint density at radius 2 is 1.76 bits per heavy atom. The summed E-state index contributed by atoms with van der Waals surface area (Å²) in [6, 6.07) is 15.5. The van der Waals surface area contributed by atoms with Crippen LogP contribution in [0.2, 0.25) is 0 Å². The molecule has 2 aromatic carbocycles. The van der Waals surface area contributed by atoms with Gasteiger partial charge < -0.3 is 10.2 Å². The largest absolute Gasteiger partial charge is 0.332 e. The zero-order valence-electron chi connectivity index (χ0n) is 17.0. The molecule has 0 spiro atoms. The first-order valence-electron chi connectivity index (χ1n) is 9.95. The van der Waals surface area contributed by atoms with Gasteiger partial charge in [0.2, 0.25) is 5.91 Å². The predicted octanol–water partition coefficient (Wildman–Crippen LogP) is 4.44. The Kier molecular flexibility index (Phi) is 5.05. The highest BCUT2D eigenvalue weighted by Crippen LogP contribution is 2.40. The van der Waals surface area contributed by atoms with Gasteiger partial charge in [0.1, 0.15) is 0 Å². The van der Waals surface area contributed by atoms with Crippen molar-refractivity contribution in [1.29, 1.82) is 0 Å². The summed E-state index contributed by atoms with van der Waals surface area (Å²) in [7, 11) is 1.67. The number of nitrogens with one attached hydrogen (secondary N) is 1. The number of benzene rings is 2. The summed E-state index contributed by atoms with van der Waals surface area (Å²) in [5, 5.41) is 3.77. The third-order valence-corrected chi connectivity index (χ3v) is 5.44. The Morgan fingerprint density at radius 3 is 2.45 bits per heavy atom. The van der Waals surface area contributed by atoms with Crippen molar-refractivity contribution in [3.05, 3.63) is 70.9 Å². The first kappa shape index (κ1) is 19.1. The summed E-state index contributed by atoms with van der Waals surface area (Å²) in [4.78, 5) is 32.0. The maximum atomic E-state index is 13.2. The molecule has 0 unspecified atom stereocenters. The molecule has 1 aromatic heterocycles. The summed E-state index contributed by atoms with van der Waals surface area (Å²) in [6.07, 6.45) is 2.24. The minimum Gasteiger partial charge on any atom is -0.332 e. The molecule has 1 heterocycles. The summed E-state index contributed by atoms with van der Waals surface area (Å²) in [5.41, 5.74) is 5.22. The number of hydrogen-bond donors (Lipinski definition) is 1. The number of anilines is 1. The highest BCUT2D eigenvalue weighted by Gasteiger charge is 2.27. The van der Waals surface area contributed by atoms with Crippen LogP contribution in [0.5, 0.6) is 0 Å². The molecule has 0 radical (unpaired) electrons. The number of rotatable bonds is 5. The molecule has 2 amide bonds. The van der Waals surface area contributed by atoms with Crippen LogP contribution >= 0.6 is 0 Å². The summed E-state index contributed by atoms with van der Waals surface area (Å²) >= 11 is 0. The highest BCUT2D eigenvalue weighted by atomic mass is 16.2. The van der Waals surface area contributed by atoms with E-state index < -0.39 is 0 Å².